The van der Waals surface area contributed by atoms with E-state index in [-0.39, 0.29) is 12.5 Å². The molecule has 0 bridgehead atoms. The third-order valence-corrected chi connectivity index (χ3v) is 4.26. The van der Waals surface area contributed by atoms with Crippen LogP contribution < -0.4 is 4.74 Å². The predicted octanol–water partition coefficient (Wildman–Crippen LogP) is 5.73. The highest BCUT2D eigenvalue weighted by atomic mass is 35.5. The van der Waals surface area contributed by atoms with Crippen molar-refractivity contribution in [3.63, 3.8) is 0 Å². The number of alkyl halides is 3. The number of rotatable bonds is 6. The van der Waals surface area contributed by atoms with E-state index in [1.165, 1.54) is 13.2 Å². The SMILES string of the molecule is CO/N=C(/c1ccc(Cl)cc1)c1ccccc1COc1ccc(C(F)(F)F)cn1. The van der Waals surface area contributed by atoms with Crippen LogP contribution in [0.15, 0.2) is 72.0 Å². The minimum absolute atomic E-state index is 0.0875. The second kappa shape index (κ2) is 8.96. The zero-order valence-corrected chi connectivity index (χ0v) is 16.0. The highest BCUT2D eigenvalue weighted by molar-refractivity contribution is 6.30. The number of aromatic nitrogens is 1. The van der Waals surface area contributed by atoms with Gasteiger partial charge in [-0.25, -0.2) is 4.98 Å². The Morgan fingerprint density at radius 2 is 1.76 bits per heavy atom. The zero-order chi connectivity index (χ0) is 20.9. The van der Waals surface area contributed by atoms with E-state index in [1.54, 1.807) is 12.1 Å². The summed E-state index contributed by atoms with van der Waals surface area (Å²) in [5.74, 6) is 0.0875. The molecule has 0 radical (unpaired) electrons. The van der Waals surface area contributed by atoms with E-state index in [4.69, 9.17) is 21.2 Å². The van der Waals surface area contributed by atoms with Crippen LogP contribution in [0, 0.1) is 0 Å². The number of halogens is 4. The van der Waals surface area contributed by atoms with Gasteiger partial charge in [-0.2, -0.15) is 13.2 Å². The Bertz CT molecular complexity index is 988. The van der Waals surface area contributed by atoms with E-state index in [0.29, 0.717) is 10.7 Å². The summed E-state index contributed by atoms with van der Waals surface area (Å²) in [4.78, 5) is 8.73. The number of hydrogen-bond acceptors (Lipinski definition) is 4. The van der Waals surface area contributed by atoms with E-state index >= 15 is 0 Å². The lowest BCUT2D eigenvalue weighted by atomic mass is 9.98. The molecule has 0 saturated heterocycles. The molecule has 29 heavy (non-hydrogen) atoms. The van der Waals surface area contributed by atoms with Gasteiger partial charge >= 0.3 is 6.18 Å². The molecular weight excluding hydrogens is 405 g/mol. The molecule has 0 amide bonds. The first-order chi connectivity index (χ1) is 13.9. The molecule has 4 nitrogen and oxygen atoms in total. The molecule has 2 aromatic carbocycles. The summed E-state index contributed by atoms with van der Waals surface area (Å²) < 4.78 is 43.6. The molecule has 0 aliphatic heterocycles. The third-order valence-electron chi connectivity index (χ3n) is 4.01. The summed E-state index contributed by atoms with van der Waals surface area (Å²) in [7, 11) is 1.45. The van der Waals surface area contributed by atoms with Crippen molar-refractivity contribution in [3.8, 4) is 5.88 Å². The molecule has 1 aromatic heterocycles. The zero-order valence-electron chi connectivity index (χ0n) is 15.3. The average molecular weight is 421 g/mol. The predicted molar refractivity (Wildman–Crippen MR) is 104 cm³/mol. The van der Waals surface area contributed by atoms with Gasteiger partial charge in [0.2, 0.25) is 5.88 Å². The summed E-state index contributed by atoms with van der Waals surface area (Å²) in [6, 6.07) is 16.6. The Hall–Kier alpha value is -3.06. The topological polar surface area (TPSA) is 43.7 Å². The first-order valence-electron chi connectivity index (χ1n) is 8.50. The summed E-state index contributed by atoms with van der Waals surface area (Å²) in [6.45, 7) is 0.0882. The summed E-state index contributed by atoms with van der Waals surface area (Å²) in [6.07, 6.45) is -3.70. The van der Waals surface area contributed by atoms with Gasteiger partial charge in [-0.1, -0.05) is 53.2 Å². The minimum atomic E-state index is -4.44. The van der Waals surface area contributed by atoms with Gasteiger partial charge in [0.1, 0.15) is 19.4 Å². The number of nitrogens with zero attached hydrogens (tertiary/aromatic N) is 2. The number of benzene rings is 2. The quantitative estimate of drug-likeness (QED) is 0.378. The molecule has 3 rings (SSSR count). The smallest absolute Gasteiger partial charge is 0.417 e. The lowest BCUT2D eigenvalue weighted by Gasteiger charge is -2.13. The fraction of sp³-hybridized carbons (Fsp3) is 0.143. The first-order valence-corrected chi connectivity index (χ1v) is 8.87. The minimum Gasteiger partial charge on any atom is -0.473 e. The summed E-state index contributed by atoms with van der Waals surface area (Å²) in [5, 5.41) is 4.72. The Kier molecular flexibility index (Phi) is 6.39. The highest BCUT2D eigenvalue weighted by Gasteiger charge is 2.30. The van der Waals surface area contributed by atoms with Crippen molar-refractivity contribution in [2.75, 3.05) is 7.11 Å². The fourth-order valence-corrected chi connectivity index (χ4v) is 2.74. The van der Waals surface area contributed by atoms with Crippen LogP contribution >= 0.6 is 11.6 Å². The van der Waals surface area contributed by atoms with Gasteiger partial charge in [0.15, 0.2) is 0 Å². The Labute approximate surface area is 170 Å². The maximum absolute atomic E-state index is 12.7. The molecule has 0 N–H and O–H groups in total. The molecule has 0 spiro atoms. The van der Waals surface area contributed by atoms with Crippen LogP contribution in [0.25, 0.3) is 0 Å². The van der Waals surface area contributed by atoms with Gasteiger partial charge in [-0.3, -0.25) is 0 Å². The summed E-state index contributed by atoms with van der Waals surface area (Å²) >= 11 is 5.96. The number of hydrogen-bond donors (Lipinski definition) is 0. The highest BCUT2D eigenvalue weighted by Crippen LogP contribution is 2.29. The van der Waals surface area contributed by atoms with E-state index in [0.717, 1.165) is 29.0 Å². The Balaban J connectivity index is 1.84. The van der Waals surface area contributed by atoms with Crippen LogP contribution in [-0.2, 0) is 17.6 Å². The first kappa shape index (κ1) is 20.7. The van der Waals surface area contributed by atoms with Crippen LogP contribution in [0.1, 0.15) is 22.3 Å². The van der Waals surface area contributed by atoms with E-state index in [9.17, 15) is 13.2 Å². The van der Waals surface area contributed by atoms with Gasteiger partial charge in [0, 0.05) is 28.4 Å². The van der Waals surface area contributed by atoms with Crippen molar-refractivity contribution in [1.82, 2.24) is 4.98 Å². The van der Waals surface area contributed by atoms with E-state index in [2.05, 4.69) is 10.1 Å². The van der Waals surface area contributed by atoms with Crippen molar-refractivity contribution in [1.29, 1.82) is 0 Å². The summed E-state index contributed by atoms with van der Waals surface area (Å²) in [5.41, 5.74) is 2.05. The molecule has 150 valence electrons. The molecule has 1 heterocycles. The largest absolute Gasteiger partial charge is 0.473 e. The van der Waals surface area contributed by atoms with Crippen molar-refractivity contribution in [2.24, 2.45) is 5.16 Å². The Morgan fingerprint density at radius 1 is 1.03 bits per heavy atom. The fourth-order valence-electron chi connectivity index (χ4n) is 2.62. The molecular formula is C21H16ClF3N2O2. The number of oxime groups is 1. The van der Waals surface area contributed by atoms with Crippen LogP contribution in [0.2, 0.25) is 5.02 Å². The van der Waals surface area contributed by atoms with E-state index < -0.39 is 11.7 Å². The standard InChI is InChI=1S/C21H16ClF3N2O2/c1-28-27-20(14-6-9-17(22)10-7-14)18-5-3-2-4-15(18)13-29-19-11-8-16(12-26-19)21(23,24)25/h2-12H,13H2,1H3/b27-20-. The normalized spacial score (nSPS) is 12.0. The van der Waals surface area contributed by atoms with Crippen molar-refractivity contribution in [2.45, 2.75) is 12.8 Å². The third kappa shape index (κ3) is 5.26. The van der Waals surface area contributed by atoms with Gasteiger partial charge < -0.3 is 9.57 Å². The second-order valence-electron chi connectivity index (χ2n) is 5.96. The molecule has 0 fully saturated rings. The van der Waals surface area contributed by atoms with Crippen LogP contribution in [0.3, 0.4) is 0 Å². The molecule has 0 atom stereocenters. The lowest BCUT2D eigenvalue weighted by Crippen LogP contribution is -2.10. The number of pyridine rings is 1. The van der Waals surface area contributed by atoms with Gasteiger partial charge in [0.25, 0.3) is 0 Å². The van der Waals surface area contributed by atoms with Crippen molar-refractivity contribution < 1.29 is 22.7 Å². The maximum Gasteiger partial charge on any atom is 0.417 e. The lowest BCUT2D eigenvalue weighted by molar-refractivity contribution is -0.137. The average Bonchev–Trinajstić information content (AvgIpc) is 2.71. The molecule has 0 aliphatic rings. The molecule has 0 unspecified atom stereocenters. The second-order valence-corrected chi connectivity index (χ2v) is 6.39. The van der Waals surface area contributed by atoms with Crippen LogP contribution in [-0.4, -0.2) is 17.8 Å². The number of ether oxygens (including phenoxy) is 1. The van der Waals surface area contributed by atoms with Gasteiger partial charge in [-0.15, -0.1) is 0 Å². The molecule has 0 saturated carbocycles. The molecule has 3 aromatic rings. The van der Waals surface area contributed by atoms with E-state index in [1.807, 2.05) is 36.4 Å². The van der Waals surface area contributed by atoms with Crippen molar-refractivity contribution >= 4 is 17.3 Å². The van der Waals surface area contributed by atoms with Gasteiger partial charge in [-0.05, 0) is 23.8 Å². The molecule has 0 aliphatic carbocycles. The maximum atomic E-state index is 12.7. The monoisotopic (exact) mass is 420 g/mol. The van der Waals surface area contributed by atoms with Crippen LogP contribution in [0.5, 0.6) is 5.88 Å². The van der Waals surface area contributed by atoms with Gasteiger partial charge in [0.05, 0.1) is 5.56 Å². The Morgan fingerprint density at radius 3 is 2.38 bits per heavy atom. The van der Waals surface area contributed by atoms with Crippen LogP contribution in [0.4, 0.5) is 13.2 Å². The molecule has 8 heteroatoms. The van der Waals surface area contributed by atoms with Crippen molar-refractivity contribution in [3.05, 3.63) is 94.1 Å².